The van der Waals surface area contributed by atoms with Crippen molar-refractivity contribution in [3.05, 3.63) is 30.1 Å². The van der Waals surface area contributed by atoms with E-state index in [1.807, 2.05) is 18.3 Å². The lowest BCUT2D eigenvalue weighted by molar-refractivity contribution is 0.205. The predicted molar refractivity (Wildman–Crippen MR) is 71.7 cm³/mol. The SMILES string of the molecule is CC(c1ccccn1)C(N)C1CCCC1(C)C. The molecule has 0 bridgehead atoms. The molecule has 1 fully saturated rings. The van der Waals surface area contributed by atoms with Gasteiger partial charge in [0.1, 0.15) is 0 Å². The molecule has 2 nitrogen and oxygen atoms in total. The molecule has 1 aromatic rings. The Labute approximate surface area is 105 Å². The first-order valence-electron chi connectivity index (χ1n) is 6.69. The van der Waals surface area contributed by atoms with Crippen molar-refractivity contribution in [2.24, 2.45) is 17.1 Å². The highest BCUT2D eigenvalue weighted by molar-refractivity contribution is 5.12. The summed E-state index contributed by atoms with van der Waals surface area (Å²) in [6, 6.07) is 6.32. The number of aromatic nitrogens is 1. The third kappa shape index (κ3) is 2.52. The molecular weight excluding hydrogens is 208 g/mol. The van der Waals surface area contributed by atoms with Crippen LogP contribution in [-0.2, 0) is 0 Å². The van der Waals surface area contributed by atoms with Gasteiger partial charge in [0.25, 0.3) is 0 Å². The number of hydrogen-bond donors (Lipinski definition) is 1. The van der Waals surface area contributed by atoms with Crippen LogP contribution in [0.4, 0.5) is 0 Å². The standard InChI is InChI=1S/C15H24N2/c1-11(13-8-4-5-10-17-13)14(16)12-7-6-9-15(12,2)3/h4-5,8,10-12,14H,6-7,9,16H2,1-3H3. The van der Waals surface area contributed by atoms with Gasteiger partial charge in [-0.15, -0.1) is 0 Å². The molecule has 0 aliphatic heterocycles. The summed E-state index contributed by atoms with van der Waals surface area (Å²) in [6.45, 7) is 6.92. The summed E-state index contributed by atoms with van der Waals surface area (Å²) < 4.78 is 0. The minimum atomic E-state index is 0.224. The molecule has 1 heterocycles. The van der Waals surface area contributed by atoms with Crippen molar-refractivity contribution in [1.82, 2.24) is 4.98 Å². The minimum Gasteiger partial charge on any atom is -0.327 e. The topological polar surface area (TPSA) is 38.9 Å². The first kappa shape index (κ1) is 12.6. The van der Waals surface area contributed by atoms with Gasteiger partial charge in [0.2, 0.25) is 0 Å². The molecule has 1 saturated carbocycles. The van der Waals surface area contributed by atoms with Crippen LogP contribution in [0.3, 0.4) is 0 Å². The molecule has 2 N–H and O–H groups in total. The Morgan fingerprint density at radius 2 is 2.18 bits per heavy atom. The van der Waals surface area contributed by atoms with Crippen LogP contribution >= 0.6 is 0 Å². The van der Waals surface area contributed by atoms with E-state index in [1.54, 1.807) is 0 Å². The van der Waals surface area contributed by atoms with Gasteiger partial charge in [-0.25, -0.2) is 0 Å². The summed E-state index contributed by atoms with van der Waals surface area (Å²) >= 11 is 0. The van der Waals surface area contributed by atoms with E-state index in [-0.39, 0.29) is 6.04 Å². The van der Waals surface area contributed by atoms with E-state index in [9.17, 15) is 0 Å². The fraction of sp³-hybridized carbons (Fsp3) is 0.667. The fourth-order valence-electron chi connectivity index (χ4n) is 3.26. The van der Waals surface area contributed by atoms with Crippen molar-refractivity contribution in [1.29, 1.82) is 0 Å². The van der Waals surface area contributed by atoms with Crippen molar-refractivity contribution in [2.45, 2.75) is 52.0 Å². The second-order valence-electron chi connectivity index (χ2n) is 6.11. The van der Waals surface area contributed by atoms with E-state index in [1.165, 1.54) is 19.3 Å². The average Bonchev–Trinajstić information content (AvgIpc) is 2.68. The highest BCUT2D eigenvalue weighted by atomic mass is 14.8. The smallest absolute Gasteiger partial charge is 0.0447 e. The molecule has 1 aliphatic rings. The average molecular weight is 232 g/mol. The third-order valence-electron chi connectivity index (χ3n) is 4.54. The minimum absolute atomic E-state index is 0.224. The second kappa shape index (κ2) is 4.77. The molecule has 2 rings (SSSR count). The maximum atomic E-state index is 6.49. The molecule has 0 aromatic carbocycles. The van der Waals surface area contributed by atoms with Crippen molar-refractivity contribution in [2.75, 3.05) is 0 Å². The molecule has 0 saturated heterocycles. The zero-order chi connectivity index (χ0) is 12.5. The quantitative estimate of drug-likeness (QED) is 0.868. The molecule has 0 spiro atoms. The van der Waals surface area contributed by atoms with Crippen molar-refractivity contribution >= 4 is 0 Å². The summed E-state index contributed by atoms with van der Waals surface area (Å²) in [6.07, 6.45) is 5.75. The number of nitrogens with two attached hydrogens (primary N) is 1. The Bertz CT molecular complexity index is 358. The molecule has 94 valence electrons. The van der Waals surface area contributed by atoms with Gasteiger partial charge in [0, 0.05) is 23.9 Å². The van der Waals surface area contributed by atoms with Crippen molar-refractivity contribution in [3.8, 4) is 0 Å². The number of pyridine rings is 1. The normalized spacial score (nSPS) is 26.7. The third-order valence-corrected chi connectivity index (χ3v) is 4.54. The number of nitrogens with zero attached hydrogens (tertiary/aromatic N) is 1. The molecule has 0 amide bonds. The van der Waals surface area contributed by atoms with Crippen molar-refractivity contribution < 1.29 is 0 Å². The fourth-order valence-corrected chi connectivity index (χ4v) is 3.26. The van der Waals surface area contributed by atoms with E-state index in [4.69, 9.17) is 5.73 Å². The Morgan fingerprint density at radius 1 is 1.41 bits per heavy atom. The van der Waals surface area contributed by atoms with Gasteiger partial charge in [-0.05, 0) is 36.3 Å². The molecule has 1 aromatic heterocycles. The number of hydrogen-bond acceptors (Lipinski definition) is 2. The largest absolute Gasteiger partial charge is 0.327 e. The van der Waals surface area contributed by atoms with Crippen LogP contribution in [0.15, 0.2) is 24.4 Å². The van der Waals surface area contributed by atoms with Gasteiger partial charge >= 0.3 is 0 Å². The van der Waals surface area contributed by atoms with Crippen LogP contribution < -0.4 is 5.73 Å². The predicted octanol–water partition coefficient (Wildman–Crippen LogP) is 3.34. The lowest BCUT2D eigenvalue weighted by atomic mass is 9.73. The van der Waals surface area contributed by atoms with Crippen LogP contribution in [0.1, 0.15) is 51.6 Å². The molecule has 1 aliphatic carbocycles. The summed E-state index contributed by atoms with van der Waals surface area (Å²) in [5.74, 6) is 0.970. The molecule has 17 heavy (non-hydrogen) atoms. The van der Waals surface area contributed by atoms with Crippen LogP contribution in [0, 0.1) is 11.3 Å². The lowest BCUT2D eigenvalue weighted by Gasteiger charge is -2.35. The maximum absolute atomic E-state index is 6.49. The molecular formula is C15H24N2. The van der Waals surface area contributed by atoms with E-state index in [2.05, 4.69) is 31.8 Å². The van der Waals surface area contributed by atoms with Gasteiger partial charge in [-0.1, -0.05) is 33.3 Å². The van der Waals surface area contributed by atoms with Crippen LogP contribution in [0.25, 0.3) is 0 Å². The Hall–Kier alpha value is -0.890. The van der Waals surface area contributed by atoms with Gasteiger partial charge in [-0.2, -0.15) is 0 Å². The lowest BCUT2D eigenvalue weighted by Crippen LogP contribution is -2.40. The molecule has 3 atom stereocenters. The second-order valence-corrected chi connectivity index (χ2v) is 6.11. The summed E-state index contributed by atoms with van der Waals surface area (Å²) in [4.78, 5) is 4.44. The Balaban J connectivity index is 2.12. The highest BCUT2D eigenvalue weighted by Gasteiger charge is 2.40. The van der Waals surface area contributed by atoms with Gasteiger partial charge in [0.05, 0.1) is 0 Å². The summed E-state index contributed by atoms with van der Waals surface area (Å²) in [5.41, 5.74) is 8.01. The van der Waals surface area contributed by atoms with Gasteiger partial charge in [-0.3, -0.25) is 4.98 Å². The summed E-state index contributed by atoms with van der Waals surface area (Å²) in [5, 5.41) is 0. The van der Waals surface area contributed by atoms with Gasteiger partial charge in [0.15, 0.2) is 0 Å². The zero-order valence-electron chi connectivity index (χ0n) is 11.2. The molecule has 0 radical (unpaired) electrons. The monoisotopic (exact) mass is 232 g/mol. The number of rotatable bonds is 3. The Morgan fingerprint density at radius 3 is 2.71 bits per heavy atom. The summed E-state index contributed by atoms with van der Waals surface area (Å²) in [7, 11) is 0. The van der Waals surface area contributed by atoms with E-state index in [0.29, 0.717) is 17.3 Å². The first-order chi connectivity index (χ1) is 8.02. The molecule has 2 heteroatoms. The maximum Gasteiger partial charge on any atom is 0.0447 e. The van der Waals surface area contributed by atoms with Crippen LogP contribution in [-0.4, -0.2) is 11.0 Å². The van der Waals surface area contributed by atoms with Gasteiger partial charge < -0.3 is 5.73 Å². The Kier molecular flexibility index (Phi) is 3.53. The van der Waals surface area contributed by atoms with Crippen LogP contribution in [0.2, 0.25) is 0 Å². The van der Waals surface area contributed by atoms with E-state index >= 15 is 0 Å². The van der Waals surface area contributed by atoms with Crippen molar-refractivity contribution in [3.63, 3.8) is 0 Å². The van der Waals surface area contributed by atoms with E-state index in [0.717, 1.165) is 5.69 Å². The van der Waals surface area contributed by atoms with E-state index < -0.39 is 0 Å². The van der Waals surface area contributed by atoms with Crippen LogP contribution in [0.5, 0.6) is 0 Å². The first-order valence-corrected chi connectivity index (χ1v) is 6.69. The zero-order valence-corrected chi connectivity index (χ0v) is 11.2. The highest BCUT2D eigenvalue weighted by Crippen LogP contribution is 2.46. The molecule has 3 unspecified atom stereocenters.